The van der Waals surface area contributed by atoms with E-state index >= 15 is 0 Å². The van der Waals surface area contributed by atoms with Crippen LogP contribution in [-0.4, -0.2) is 6.69 Å². The average Bonchev–Trinajstić information content (AvgIpc) is 1.30. The van der Waals surface area contributed by atoms with Crippen molar-refractivity contribution in [3.8, 4) is 11.5 Å². The zero-order chi connectivity index (χ0) is 5.91. The highest BCUT2D eigenvalue weighted by Crippen LogP contribution is 2.10. The zero-order valence-corrected chi connectivity index (χ0v) is 6.77. The van der Waals surface area contributed by atoms with Crippen LogP contribution in [0.1, 0.15) is 6.92 Å². The standard InChI is InChI=1S/C4H6Cl2Si/c1-3-4-7(2,5)6/h1-2H3. The molecule has 0 bridgehead atoms. The molecule has 0 nitrogen and oxygen atoms in total. The maximum Gasteiger partial charge on any atom is 0.321 e. The minimum Gasteiger partial charge on any atom is -0.130 e. The summed E-state index contributed by atoms with van der Waals surface area (Å²) in [6.45, 7) is 1.43. The molecule has 0 spiro atoms. The Labute approximate surface area is 54.2 Å². The summed E-state index contributed by atoms with van der Waals surface area (Å²) in [5, 5.41) is 0. The molecule has 0 aliphatic heterocycles. The molecule has 0 aromatic carbocycles. The van der Waals surface area contributed by atoms with E-state index in [0.717, 1.165) is 0 Å². The van der Waals surface area contributed by atoms with Gasteiger partial charge < -0.3 is 0 Å². The van der Waals surface area contributed by atoms with Gasteiger partial charge in [0.15, 0.2) is 0 Å². The summed E-state index contributed by atoms with van der Waals surface area (Å²) in [5.41, 5.74) is 2.70. The summed E-state index contributed by atoms with van der Waals surface area (Å²) in [4.78, 5) is 0. The Morgan fingerprint density at radius 2 is 1.86 bits per heavy atom. The van der Waals surface area contributed by atoms with E-state index in [1.807, 2.05) is 0 Å². The van der Waals surface area contributed by atoms with Gasteiger partial charge in [-0.3, -0.25) is 0 Å². The summed E-state index contributed by atoms with van der Waals surface area (Å²) in [6, 6.07) is 0. The second kappa shape index (κ2) is 2.61. The number of hydrogen-bond donors (Lipinski definition) is 0. The lowest BCUT2D eigenvalue weighted by atomic mass is 10.8. The van der Waals surface area contributed by atoms with Crippen molar-refractivity contribution in [2.75, 3.05) is 0 Å². The summed E-state index contributed by atoms with van der Waals surface area (Å²) in [5.74, 6) is 2.66. The zero-order valence-electron chi connectivity index (χ0n) is 4.26. The van der Waals surface area contributed by atoms with Crippen molar-refractivity contribution in [3.63, 3.8) is 0 Å². The van der Waals surface area contributed by atoms with Crippen LogP contribution < -0.4 is 0 Å². The fourth-order valence-corrected chi connectivity index (χ4v) is 1.23. The van der Waals surface area contributed by atoms with Crippen LogP contribution in [0.4, 0.5) is 0 Å². The van der Waals surface area contributed by atoms with Gasteiger partial charge >= 0.3 is 6.69 Å². The lowest BCUT2D eigenvalue weighted by molar-refractivity contribution is 1.93. The van der Waals surface area contributed by atoms with Gasteiger partial charge in [-0.05, 0) is 13.5 Å². The molecule has 0 radical (unpaired) electrons. The van der Waals surface area contributed by atoms with E-state index in [1.54, 1.807) is 13.5 Å². The van der Waals surface area contributed by atoms with Crippen molar-refractivity contribution in [2.45, 2.75) is 13.5 Å². The van der Waals surface area contributed by atoms with Crippen molar-refractivity contribution in [2.24, 2.45) is 0 Å². The molecule has 0 atom stereocenters. The molecule has 0 N–H and O–H groups in total. The second-order valence-electron chi connectivity index (χ2n) is 1.26. The highest BCUT2D eigenvalue weighted by molar-refractivity contribution is 7.48. The summed E-state index contributed by atoms with van der Waals surface area (Å²) < 4.78 is 0. The molecule has 0 amide bonds. The van der Waals surface area contributed by atoms with Gasteiger partial charge in [-0.15, -0.1) is 28.1 Å². The van der Waals surface area contributed by atoms with Crippen LogP contribution in [0.15, 0.2) is 0 Å². The van der Waals surface area contributed by atoms with Crippen molar-refractivity contribution in [3.05, 3.63) is 0 Å². The maximum atomic E-state index is 5.56. The molecule has 0 aliphatic rings. The van der Waals surface area contributed by atoms with Gasteiger partial charge in [0, 0.05) is 0 Å². The quantitative estimate of drug-likeness (QED) is 0.284. The van der Waals surface area contributed by atoms with Crippen molar-refractivity contribution in [1.29, 1.82) is 0 Å². The molecule has 0 unspecified atom stereocenters. The molecule has 0 saturated heterocycles. The van der Waals surface area contributed by atoms with Gasteiger partial charge in [-0.25, -0.2) is 0 Å². The van der Waals surface area contributed by atoms with Gasteiger partial charge in [0.1, 0.15) is 0 Å². The van der Waals surface area contributed by atoms with Crippen LogP contribution in [0, 0.1) is 11.5 Å². The molecule has 0 fully saturated rings. The Bertz CT molecular complexity index is 103. The molecule has 0 aromatic heterocycles. The Kier molecular flexibility index (Phi) is 2.75. The summed E-state index contributed by atoms with van der Waals surface area (Å²) >= 11 is 11.1. The predicted molar refractivity (Wildman–Crippen MR) is 36.8 cm³/mol. The van der Waals surface area contributed by atoms with Crippen LogP contribution in [0.2, 0.25) is 6.55 Å². The Hall–Kier alpha value is 0.357. The first-order valence-electron chi connectivity index (χ1n) is 1.88. The van der Waals surface area contributed by atoms with E-state index < -0.39 is 6.69 Å². The molecule has 7 heavy (non-hydrogen) atoms. The molecule has 0 aliphatic carbocycles. The van der Waals surface area contributed by atoms with Crippen LogP contribution >= 0.6 is 22.2 Å². The molecule has 0 rings (SSSR count). The molecule has 3 heteroatoms. The lowest BCUT2D eigenvalue weighted by Crippen LogP contribution is -2.07. The fraction of sp³-hybridized carbons (Fsp3) is 0.500. The minimum absolute atomic E-state index is 1.73. The third kappa shape index (κ3) is 6.36. The summed E-state index contributed by atoms with van der Waals surface area (Å²) in [7, 11) is 0. The van der Waals surface area contributed by atoms with Crippen LogP contribution in [-0.2, 0) is 0 Å². The monoisotopic (exact) mass is 152 g/mol. The molecular weight excluding hydrogens is 147 g/mol. The predicted octanol–water partition coefficient (Wildman–Crippen LogP) is 2.10. The first-order chi connectivity index (χ1) is 3.06. The summed E-state index contributed by atoms with van der Waals surface area (Å²) in [6.07, 6.45) is 0. The number of rotatable bonds is 0. The van der Waals surface area contributed by atoms with E-state index in [9.17, 15) is 0 Å². The molecule has 0 aromatic rings. The van der Waals surface area contributed by atoms with E-state index in [4.69, 9.17) is 22.2 Å². The van der Waals surface area contributed by atoms with Gasteiger partial charge in [-0.2, -0.15) is 0 Å². The highest BCUT2D eigenvalue weighted by Gasteiger charge is 2.15. The second-order valence-corrected chi connectivity index (χ2v) is 8.41. The van der Waals surface area contributed by atoms with E-state index in [-0.39, 0.29) is 0 Å². The SMILES string of the molecule is CC#C[Si](C)(Cl)Cl. The van der Waals surface area contributed by atoms with E-state index in [1.165, 1.54) is 0 Å². The van der Waals surface area contributed by atoms with Crippen LogP contribution in [0.25, 0.3) is 0 Å². The molecule has 0 saturated carbocycles. The van der Waals surface area contributed by atoms with Crippen molar-refractivity contribution in [1.82, 2.24) is 0 Å². The van der Waals surface area contributed by atoms with Crippen LogP contribution in [0.5, 0.6) is 0 Å². The fourth-order valence-electron chi connectivity index (χ4n) is 0.219. The van der Waals surface area contributed by atoms with Gasteiger partial charge in [0.2, 0.25) is 0 Å². The maximum absolute atomic E-state index is 5.56. The smallest absolute Gasteiger partial charge is 0.130 e. The normalized spacial score (nSPS) is 9.71. The van der Waals surface area contributed by atoms with Gasteiger partial charge in [0.25, 0.3) is 0 Å². The topological polar surface area (TPSA) is 0 Å². The molecule has 40 valence electrons. The average molecular weight is 153 g/mol. The Morgan fingerprint density at radius 1 is 1.43 bits per heavy atom. The Morgan fingerprint density at radius 3 is 1.86 bits per heavy atom. The minimum atomic E-state index is -2.07. The third-order valence-electron chi connectivity index (χ3n) is 0.344. The third-order valence-corrected chi connectivity index (χ3v) is 1.60. The van der Waals surface area contributed by atoms with Gasteiger partial charge in [-0.1, -0.05) is 5.54 Å². The van der Waals surface area contributed by atoms with E-state index in [2.05, 4.69) is 11.5 Å². The number of hydrogen-bond acceptors (Lipinski definition) is 0. The first-order valence-corrected chi connectivity index (χ1v) is 6.40. The lowest BCUT2D eigenvalue weighted by Gasteiger charge is -1.94. The van der Waals surface area contributed by atoms with Crippen molar-refractivity contribution >= 4 is 28.9 Å². The molecular formula is C4H6Cl2Si. The van der Waals surface area contributed by atoms with Gasteiger partial charge in [0.05, 0.1) is 0 Å². The van der Waals surface area contributed by atoms with Crippen molar-refractivity contribution < 1.29 is 0 Å². The number of halogens is 2. The first kappa shape index (κ1) is 7.36. The van der Waals surface area contributed by atoms with Crippen LogP contribution in [0.3, 0.4) is 0 Å². The Balaban J connectivity index is 3.72. The highest BCUT2D eigenvalue weighted by atomic mass is 35.7. The molecule has 0 heterocycles. The van der Waals surface area contributed by atoms with E-state index in [0.29, 0.717) is 0 Å². The largest absolute Gasteiger partial charge is 0.321 e.